The van der Waals surface area contributed by atoms with E-state index in [0.29, 0.717) is 0 Å². The van der Waals surface area contributed by atoms with Crippen LogP contribution in [0.2, 0.25) is 0 Å². The summed E-state index contributed by atoms with van der Waals surface area (Å²) in [6.07, 6.45) is 23.9. The van der Waals surface area contributed by atoms with Crippen molar-refractivity contribution >= 4 is 12.4 Å². The molecule has 0 saturated carbocycles. The van der Waals surface area contributed by atoms with Crippen LogP contribution in [0.25, 0.3) is 0 Å². The highest BCUT2D eigenvalue weighted by Gasteiger charge is 2.14. The highest BCUT2D eigenvalue weighted by atomic mass is 35.5. The van der Waals surface area contributed by atoms with Crippen LogP contribution in [0.15, 0.2) is 12.2 Å². The van der Waals surface area contributed by atoms with Crippen LogP contribution in [0.4, 0.5) is 0 Å². The lowest BCUT2D eigenvalue weighted by molar-refractivity contribution is 0.523. The third-order valence-corrected chi connectivity index (χ3v) is 5.24. The van der Waals surface area contributed by atoms with E-state index in [1.807, 2.05) is 0 Å². The third kappa shape index (κ3) is 20.2. The predicted molar refractivity (Wildman–Crippen MR) is 119 cm³/mol. The molecule has 0 aliphatic carbocycles. The molecule has 0 aliphatic rings. The number of rotatable bonds is 18. The summed E-state index contributed by atoms with van der Waals surface area (Å²) >= 11 is 0. The number of hydrogen-bond donors (Lipinski definition) is 1. The Balaban J connectivity index is 0. The van der Waals surface area contributed by atoms with Crippen LogP contribution in [-0.2, 0) is 0 Å². The van der Waals surface area contributed by atoms with E-state index in [-0.39, 0.29) is 17.9 Å². The molecule has 0 unspecified atom stereocenters. The lowest BCUT2D eigenvalue weighted by Crippen LogP contribution is -2.33. The van der Waals surface area contributed by atoms with Gasteiger partial charge in [0.05, 0.1) is 0 Å². The van der Waals surface area contributed by atoms with Gasteiger partial charge in [-0.25, -0.2) is 0 Å². The fraction of sp³-hybridized carbons (Fsp3) is 0.913. The van der Waals surface area contributed by atoms with Crippen LogP contribution in [0.1, 0.15) is 130 Å². The van der Waals surface area contributed by atoms with E-state index in [1.54, 1.807) is 0 Å². The maximum absolute atomic E-state index is 6.05. The van der Waals surface area contributed by atoms with E-state index in [2.05, 4.69) is 27.4 Å². The van der Waals surface area contributed by atoms with Crippen molar-refractivity contribution in [2.45, 2.75) is 135 Å². The molecule has 0 aliphatic heterocycles. The highest BCUT2D eigenvalue weighted by Crippen LogP contribution is 2.19. The van der Waals surface area contributed by atoms with Gasteiger partial charge in [0.25, 0.3) is 0 Å². The summed E-state index contributed by atoms with van der Waals surface area (Å²) in [5.41, 5.74) is 7.05. The van der Waals surface area contributed by atoms with Gasteiger partial charge in [0, 0.05) is 5.54 Å². The zero-order valence-electron chi connectivity index (χ0n) is 17.7. The zero-order valence-corrected chi connectivity index (χ0v) is 18.5. The van der Waals surface area contributed by atoms with Gasteiger partial charge in [-0.05, 0) is 26.7 Å². The van der Waals surface area contributed by atoms with Crippen molar-refractivity contribution < 1.29 is 0 Å². The number of halogens is 1. The molecule has 2 N–H and O–H groups in total. The monoisotopic (exact) mass is 373 g/mol. The average Bonchev–Trinajstić information content (AvgIpc) is 2.53. The molecule has 25 heavy (non-hydrogen) atoms. The summed E-state index contributed by atoms with van der Waals surface area (Å²) < 4.78 is 0. The second-order valence-electron chi connectivity index (χ2n) is 8.38. The van der Waals surface area contributed by atoms with Crippen molar-refractivity contribution in [2.75, 3.05) is 0 Å². The molecule has 0 spiro atoms. The summed E-state index contributed by atoms with van der Waals surface area (Å²) in [7, 11) is 0. The molecular weight excluding hydrogens is 326 g/mol. The van der Waals surface area contributed by atoms with E-state index in [0.717, 1.165) is 6.42 Å². The van der Waals surface area contributed by atoms with Crippen LogP contribution in [0, 0.1) is 0 Å². The van der Waals surface area contributed by atoms with E-state index >= 15 is 0 Å². The van der Waals surface area contributed by atoms with Gasteiger partial charge >= 0.3 is 0 Å². The summed E-state index contributed by atoms with van der Waals surface area (Å²) in [6, 6.07) is 0. The Bertz CT molecular complexity index is 280. The minimum atomic E-state index is -0.199. The summed E-state index contributed by atoms with van der Waals surface area (Å²) in [4.78, 5) is 0. The van der Waals surface area contributed by atoms with Crippen LogP contribution < -0.4 is 5.73 Å². The minimum absolute atomic E-state index is 0. The van der Waals surface area contributed by atoms with Crippen molar-refractivity contribution in [3.8, 4) is 0 Å². The van der Waals surface area contributed by atoms with Crippen molar-refractivity contribution in [3.05, 3.63) is 12.2 Å². The van der Waals surface area contributed by atoms with Crippen molar-refractivity contribution in [2.24, 2.45) is 5.73 Å². The largest absolute Gasteiger partial charge is 0.322 e. The molecule has 0 radical (unpaired) electrons. The van der Waals surface area contributed by atoms with Crippen molar-refractivity contribution in [3.63, 3.8) is 0 Å². The lowest BCUT2D eigenvalue weighted by Gasteiger charge is -2.21. The van der Waals surface area contributed by atoms with Gasteiger partial charge in [-0.2, -0.15) is 0 Å². The van der Waals surface area contributed by atoms with Gasteiger partial charge in [-0.15, -0.1) is 12.4 Å². The van der Waals surface area contributed by atoms with Crippen molar-refractivity contribution in [1.29, 1.82) is 0 Å². The Morgan fingerprint density at radius 3 is 1.20 bits per heavy atom. The molecule has 0 fully saturated rings. The quantitative estimate of drug-likeness (QED) is 0.189. The third-order valence-electron chi connectivity index (χ3n) is 5.24. The van der Waals surface area contributed by atoms with Crippen molar-refractivity contribution in [1.82, 2.24) is 0 Å². The van der Waals surface area contributed by atoms with Gasteiger partial charge in [-0.1, -0.05) is 115 Å². The van der Waals surface area contributed by atoms with E-state index in [4.69, 9.17) is 5.73 Å². The van der Waals surface area contributed by atoms with Crippen LogP contribution >= 0.6 is 12.4 Å². The molecule has 0 amide bonds. The Labute approximate surface area is 166 Å². The fourth-order valence-corrected chi connectivity index (χ4v) is 3.21. The lowest BCUT2D eigenvalue weighted by atomic mass is 9.92. The molecule has 0 aromatic heterocycles. The standard InChI is InChI=1S/C23H47N.ClH/c1-5-6-7-8-9-10-11-12-13-14-15-16-17-18-19-20-21-22(2)23(3,4)24;/h2,5-21,24H2,1,3-4H3;1H. The Morgan fingerprint density at radius 2 is 0.920 bits per heavy atom. The molecule has 1 nitrogen and oxygen atoms in total. The number of nitrogens with two attached hydrogens (primary N) is 1. The van der Waals surface area contributed by atoms with E-state index in [9.17, 15) is 0 Å². The molecular formula is C23H48ClN. The molecule has 0 aromatic carbocycles. The normalized spacial score (nSPS) is 11.4. The number of unbranched alkanes of at least 4 members (excludes halogenated alkanes) is 15. The van der Waals surface area contributed by atoms with Crippen LogP contribution in [-0.4, -0.2) is 5.54 Å². The Morgan fingerprint density at radius 1 is 0.640 bits per heavy atom. The second kappa shape index (κ2) is 18.8. The molecule has 0 atom stereocenters. The summed E-state index contributed by atoms with van der Waals surface area (Å²) in [5, 5.41) is 0. The predicted octanol–water partition coefficient (Wildman–Crippen LogP) is 8.35. The maximum Gasteiger partial charge on any atom is 0.0308 e. The molecule has 0 saturated heterocycles. The van der Waals surface area contributed by atoms with Crippen LogP contribution in [0.3, 0.4) is 0 Å². The zero-order chi connectivity index (χ0) is 18.1. The first-order valence-corrected chi connectivity index (χ1v) is 11.0. The van der Waals surface area contributed by atoms with Gasteiger partial charge < -0.3 is 5.73 Å². The number of hydrogen-bond acceptors (Lipinski definition) is 1. The Kier molecular flexibility index (Phi) is 20.4. The van der Waals surface area contributed by atoms with E-state index < -0.39 is 0 Å². The molecule has 0 heterocycles. The van der Waals surface area contributed by atoms with Gasteiger partial charge in [-0.3, -0.25) is 0 Å². The van der Waals surface area contributed by atoms with Crippen LogP contribution in [0.5, 0.6) is 0 Å². The average molecular weight is 374 g/mol. The Hall–Kier alpha value is -0.0100. The summed E-state index contributed by atoms with van der Waals surface area (Å²) in [6.45, 7) is 10.5. The van der Waals surface area contributed by atoms with E-state index in [1.165, 1.54) is 108 Å². The van der Waals surface area contributed by atoms with Gasteiger partial charge in [0.2, 0.25) is 0 Å². The minimum Gasteiger partial charge on any atom is -0.322 e. The molecule has 2 heteroatoms. The molecule has 0 aromatic rings. The van der Waals surface area contributed by atoms with Gasteiger partial charge in [0.1, 0.15) is 0 Å². The molecule has 0 rings (SSSR count). The summed E-state index contributed by atoms with van der Waals surface area (Å²) in [5.74, 6) is 0. The highest BCUT2D eigenvalue weighted by molar-refractivity contribution is 5.85. The first kappa shape index (κ1) is 27.2. The maximum atomic E-state index is 6.05. The first-order valence-electron chi connectivity index (χ1n) is 11.0. The molecule has 152 valence electrons. The SMILES string of the molecule is C=C(CCCCCCCCCCCCCCCCCC)C(C)(C)N.Cl. The topological polar surface area (TPSA) is 26.0 Å². The first-order chi connectivity index (χ1) is 11.5. The fourth-order valence-electron chi connectivity index (χ4n) is 3.21. The van der Waals surface area contributed by atoms with Gasteiger partial charge in [0.15, 0.2) is 0 Å². The molecule has 0 bridgehead atoms. The smallest absolute Gasteiger partial charge is 0.0308 e. The second-order valence-corrected chi connectivity index (χ2v) is 8.38.